The average Bonchev–Trinajstić information content (AvgIpc) is 2.37. The Kier molecular flexibility index (Phi) is 9.41. The van der Waals surface area contributed by atoms with Gasteiger partial charge in [-0.05, 0) is 19.8 Å². The Morgan fingerprint density at radius 3 is 1.90 bits per heavy atom. The minimum Gasteiger partial charge on any atom is -0.355 e. The topological polar surface area (TPSA) is 69.7 Å². The van der Waals surface area contributed by atoms with Crippen LogP contribution in [-0.2, 0) is 14.4 Å². The van der Waals surface area contributed by atoms with E-state index in [2.05, 4.69) is 5.32 Å². The van der Waals surface area contributed by atoms with Crippen LogP contribution in [0.15, 0.2) is 0 Å². The highest BCUT2D eigenvalue weighted by molar-refractivity contribution is 5.87. The van der Waals surface area contributed by atoms with E-state index in [1.165, 1.54) is 16.7 Å². The van der Waals surface area contributed by atoms with Gasteiger partial charge in [0, 0.05) is 26.6 Å². The van der Waals surface area contributed by atoms with Gasteiger partial charge in [-0.1, -0.05) is 13.8 Å². The zero-order chi connectivity index (χ0) is 15.5. The van der Waals surface area contributed by atoms with Gasteiger partial charge in [-0.25, -0.2) is 0 Å². The summed E-state index contributed by atoms with van der Waals surface area (Å²) in [4.78, 5) is 38.3. The molecular formula is C14H27N3O3. The molecule has 1 N–H and O–H groups in total. The summed E-state index contributed by atoms with van der Waals surface area (Å²) < 4.78 is 0. The van der Waals surface area contributed by atoms with E-state index in [1.807, 2.05) is 20.8 Å². The van der Waals surface area contributed by atoms with E-state index in [-0.39, 0.29) is 30.8 Å². The minimum absolute atomic E-state index is 0.0442. The molecule has 6 nitrogen and oxygen atoms in total. The van der Waals surface area contributed by atoms with Crippen molar-refractivity contribution < 1.29 is 14.4 Å². The van der Waals surface area contributed by atoms with Crippen LogP contribution in [0.25, 0.3) is 0 Å². The first-order chi connectivity index (χ1) is 9.46. The van der Waals surface area contributed by atoms with Crippen LogP contribution in [0.2, 0.25) is 0 Å². The van der Waals surface area contributed by atoms with Gasteiger partial charge in [0.2, 0.25) is 17.7 Å². The van der Waals surface area contributed by atoms with Gasteiger partial charge in [-0.15, -0.1) is 0 Å². The molecule has 6 heteroatoms. The number of carbonyl (C=O) groups excluding carboxylic acids is 3. The number of nitrogens with one attached hydrogen (secondary N) is 1. The lowest BCUT2D eigenvalue weighted by Crippen LogP contribution is -2.46. The van der Waals surface area contributed by atoms with Crippen LogP contribution in [0, 0.1) is 0 Å². The molecule has 116 valence electrons. The van der Waals surface area contributed by atoms with Crippen LogP contribution in [0.4, 0.5) is 0 Å². The van der Waals surface area contributed by atoms with Crippen molar-refractivity contribution in [3.63, 3.8) is 0 Å². The molecule has 0 aromatic rings. The smallest absolute Gasteiger partial charge is 0.242 e. The lowest BCUT2D eigenvalue weighted by molar-refractivity contribution is -0.141. The Morgan fingerprint density at radius 2 is 1.45 bits per heavy atom. The first-order valence-corrected chi connectivity index (χ1v) is 7.26. The highest BCUT2D eigenvalue weighted by Gasteiger charge is 2.20. The molecule has 0 aliphatic heterocycles. The minimum atomic E-state index is -0.179. The summed E-state index contributed by atoms with van der Waals surface area (Å²) in [6, 6.07) is 0. The van der Waals surface area contributed by atoms with E-state index in [1.54, 1.807) is 0 Å². The normalized spacial score (nSPS) is 10.0. The van der Waals surface area contributed by atoms with Crippen molar-refractivity contribution in [2.75, 3.05) is 32.7 Å². The summed E-state index contributed by atoms with van der Waals surface area (Å²) in [5, 5.41) is 2.68. The molecule has 0 aliphatic carbocycles. The Hall–Kier alpha value is -1.59. The van der Waals surface area contributed by atoms with Crippen molar-refractivity contribution in [3.05, 3.63) is 0 Å². The van der Waals surface area contributed by atoms with Crippen molar-refractivity contribution in [2.45, 2.75) is 40.5 Å². The van der Waals surface area contributed by atoms with Crippen molar-refractivity contribution in [3.8, 4) is 0 Å². The fraction of sp³-hybridized carbons (Fsp3) is 0.786. The quantitative estimate of drug-likeness (QED) is 0.675. The summed E-state index contributed by atoms with van der Waals surface area (Å²) >= 11 is 0. The number of carbonyl (C=O) groups is 3. The largest absolute Gasteiger partial charge is 0.355 e. The number of rotatable bonds is 9. The van der Waals surface area contributed by atoms with Crippen LogP contribution in [0.5, 0.6) is 0 Å². The number of nitrogens with zero attached hydrogens (tertiary/aromatic N) is 2. The van der Waals surface area contributed by atoms with Gasteiger partial charge in [0.15, 0.2) is 0 Å². The van der Waals surface area contributed by atoms with Crippen LogP contribution in [-0.4, -0.2) is 60.2 Å². The molecule has 0 bridgehead atoms. The number of amides is 3. The number of likely N-dealkylation sites (N-methyl/N-ethyl adjacent to an activating group) is 1. The maximum atomic E-state index is 12.2. The van der Waals surface area contributed by atoms with Crippen molar-refractivity contribution >= 4 is 17.7 Å². The average molecular weight is 285 g/mol. The summed E-state index contributed by atoms with van der Waals surface area (Å²) in [6.45, 7) is 8.92. The molecular weight excluding hydrogens is 258 g/mol. The van der Waals surface area contributed by atoms with E-state index >= 15 is 0 Å². The standard InChI is InChI=1S/C14H27N3O3/c1-5-8-16(12(4)18)11-14(20)17(9-6-2)10-13(19)15-7-3/h5-11H2,1-4H3,(H,15,19). The summed E-state index contributed by atoms with van der Waals surface area (Å²) in [6.07, 6.45) is 1.58. The Bertz CT molecular complexity index is 332. The predicted molar refractivity (Wildman–Crippen MR) is 78.1 cm³/mol. The van der Waals surface area contributed by atoms with E-state index in [4.69, 9.17) is 0 Å². The molecule has 0 aliphatic rings. The zero-order valence-electron chi connectivity index (χ0n) is 13.1. The van der Waals surface area contributed by atoms with E-state index < -0.39 is 0 Å². The third kappa shape index (κ3) is 7.11. The van der Waals surface area contributed by atoms with Crippen LogP contribution < -0.4 is 5.32 Å². The number of hydrogen-bond donors (Lipinski definition) is 1. The fourth-order valence-corrected chi connectivity index (χ4v) is 1.87. The zero-order valence-corrected chi connectivity index (χ0v) is 13.1. The monoisotopic (exact) mass is 285 g/mol. The second kappa shape index (κ2) is 10.2. The first-order valence-electron chi connectivity index (χ1n) is 7.26. The molecule has 0 spiro atoms. The lowest BCUT2D eigenvalue weighted by atomic mass is 10.3. The second-order valence-electron chi connectivity index (χ2n) is 4.71. The van der Waals surface area contributed by atoms with E-state index in [0.29, 0.717) is 19.6 Å². The Morgan fingerprint density at radius 1 is 0.900 bits per heavy atom. The fourth-order valence-electron chi connectivity index (χ4n) is 1.87. The Labute approximate surface area is 121 Å². The lowest BCUT2D eigenvalue weighted by Gasteiger charge is -2.26. The SMILES string of the molecule is CCCN(CC(=O)N(CCC)CC(=O)NCC)C(C)=O. The Balaban J connectivity index is 4.61. The highest BCUT2D eigenvalue weighted by atomic mass is 16.2. The second-order valence-corrected chi connectivity index (χ2v) is 4.71. The maximum Gasteiger partial charge on any atom is 0.242 e. The molecule has 0 saturated heterocycles. The predicted octanol–water partition coefficient (Wildman–Crippen LogP) is 0.620. The van der Waals surface area contributed by atoms with E-state index in [0.717, 1.165) is 12.8 Å². The molecule has 0 saturated carbocycles. The molecule has 0 heterocycles. The van der Waals surface area contributed by atoms with Crippen LogP contribution in [0.3, 0.4) is 0 Å². The van der Waals surface area contributed by atoms with Gasteiger partial charge < -0.3 is 15.1 Å². The van der Waals surface area contributed by atoms with Gasteiger partial charge in [-0.2, -0.15) is 0 Å². The van der Waals surface area contributed by atoms with Gasteiger partial charge in [0.05, 0.1) is 13.1 Å². The number of hydrogen-bond acceptors (Lipinski definition) is 3. The molecule has 0 aromatic heterocycles. The third-order valence-corrected chi connectivity index (χ3v) is 2.82. The van der Waals surface area contributed by atoms with Crippen LogP contribution >= 0.6 is 0 Å². The molecule has 3 amide bonds. The van der Waals surface area contributed by atoms with E-state index in [9.17, 15) is 14.4 Å². The van der Waals surface area contributed by atoms with Crippen molar-refractivity contribution in [1.82, 2.24) is 15.1 Å². The first kappa shape index (κ1) is 18.4. The van der Waals surface area contributed by atoms with Crippen LogP contribution in [0.1, 0.15) is 40.5 Å². The summed E-state index contributed by atoms with van der Waals surface area (Å²) in [5.74, 6) is -0.462. The molecule has 0 rings (SSSR count). The molecule has 0 aromatic carbocycles. The van der Waals surface area contributed by atoms with Gasteiger partial charge in [0.1, 0.15) is 0 Å². The highest BCUT2D eigenvalue weighted by Crippen LogP contribution is 1.99. The van der Waals surface area contributed by atoms with Gasteiger partial charge in [-0.3, -0.25) is 14.4 Å². The third-order valence-electron chi connectivity index (χ3n) is 2.82. The van der Waals surface area contributed by atoms with Gasteiger partial charge in [0.25, 0.3) is 0 Å². The van der Waals surface area contributed by atoms with Crippen molar-refractivity contribution in [2.24, 2.45) is 0 Å². The van der Waals surface area contributed by atoms with Crippen molar-refractivity contribution in [1.29, 1.82) is 0 Å². The maximum absolute atomic E-state index is 12.2. The summed E-state index contributed by atoms with van der Waals surface area (Å²) in [7, 11) is 0. The molecule has 0 unspecified atom stereocenters. The molecule has 20 heavy (non-hydrogen) atoms. The molecule has 0 fully saturated rings. The summed E-state index contributed by atoms with van der Waals surface area (Å²) in [5.41, 5.74) is 0. The van der Waals surface area contributed by atoms with Gasteiger partial charge >= 0.3 is 0 Å². The molecule has 0 atom stereocenters. The molecule has 0 radical (unpaired) electrons.